The smallest absolute Gasteiger partial charge is 0.255 e. The van der Waals surface area contributed by atoms with Gasteiger partial charge in [-0.05, 0) is 18.2 Å². The van der Waals surface area contributed by atoms with E-state index in [4.69, 9.17) is 27.9 Å². The van der Waals surface area contributed by atoms with E-state index in [0.717, 1.165) is 6.07 Å². The number of carbonyl (C=O) groups excluding carboxylic acids is 1. The van der Waals surface area contributed by atoms with Gasteiger partial charge in [-0.1, -0.05) is 23.2 Å². The van der Waals surface area contributed by atoms with Crippen molar-refractivity contribution in [2.75, 3.05) is 26.3 Å². The van der Waals surface area contributed by atoms with E-state index in [-0.39, 0.29) is 21.3 Å². The molecule has 0 saturated heterocycles. The van der Waals surface area contributed by atoms with Crippen LogP contribution in [0, 0.1) is 5.82 Å². The summed E-state index contributed by atoms with van der Waals surface area (Å²) >= 11 is 11.8. The zero-order chi connectivity index (χ0) is 14.5. The average molecular weight is 319 g/mol. The predicted molar refractivity (Wildman–Crippen MR) is 76.0 cm³/mol. The molecular formula is C13H13Cl2FN2O2. The van der Waals surface area contributed by atoms with Crippen molar-refractivity contribution in [2.45, 2.75) is 0 Å². The molecule has 0 saturated carbocycles. The Balaban J connectivity index is 2.42. The molecular weight excluding hydrogens is 306 g/mol. The standard InChI is InChI=1S/C13H13Cl2FN2O2/c14-8-1-2-9(10(16)7-8)11-12(15)17-3-5-20-6-4-18-13(11)19/h1-2,7,17H,3-6H2,(H,18,19)/b12-11-. The van der Waals surface area contributed by atoms with E-state index in [1.807, 2.05) is 0 Å². The van der Waals surface area contributed by atoms with Crippen LogP contribution < -0.4 is 10.6 Å². The number of ether oxygens (including phenoxy) is 1. The van der Waals surface area contributed by atoms with E-state index >= 15 is 0 Å². The van der Waals surface area contributed by atoms with Gasteiger partial charge in [0.2, 0.25) is 0 Å². The zero-order valence-electron chi connectivity index (χ0n) is 10.5. The van der Waals surface area contributed by atoms with Crippen LogP contribution in [0.15, 0.2) is 23.4 Å². The maximum Gasteiger partial charge on any atom is 0.255 e. The highest BCUT2D eigenvalue weighted by Crippen LogP contribution is 2.25. The summed E-state index contributed by atoms with van der Waals surface area (Å²) in [7, 11) is 0. The van der Waals surface area contributed by atoms with Crippen LogP contribution in [0.5, 0.6) is 0 Å². The Bertz CT molecular complexity index is 549. The Morgan fingerprint density at radius 1 is 1.15 bits per heavy atom. The molecule has 4 nitrogen and oxygen atoms in total. The van der Waals surface area contributed by atoms with Gasteiger partial charge >= 0.3 is 0 Å². The molecule has 20 heavy (non-hydrogen) atoms. The van der Waals surface area contributed by atoms with Crippen molar-refractivity contribution >= 4 is 34.7 Å². The third-order valence-electron chi connectivity index (χ3n) is 2.71. The maximum atomic E-state index is 14.0. The van der Waals surface area contributed by atoms with Crippen LogP contribution in [0.3, 0.4) is 0 Å². The fourth-order valence-corrected chi connectivity index (χ4v) is 2.22. The van der Waals surface area contributed by atoms with E-state index in [0.29, 0.717) is 26.3 Å². The molecule has 1 aliphatic heterocycles. The van der Waals surface area contributed by atoms with E-state index in [2.05, 4.69) is 10.6 Å². The number of hydrogen-bond donors (Lipinski definition) is 2. The molecule has 108 valence electrons. The summed E-state index contributed by atoms with van der Waals surface area (Å²) < 4.78 is 19.2. The van der Waals surface area contributed by atoms with Gasteiger partial charge in [-0.2, -0.15) is 0 Å². The molecule has 1 heterocycles. The number of hydrogen-bond acceptors (Lipinski definition) is 3. The number of amides is 1. The molecule has 0 fully saturated rings. The van der Waals surface area contributed by atoms with Gasteiger partial charge in [0.05, 0.1) is 18.8 Å². The number of halogens is 3. The first-order valence-corrected chi connectivity index (χ1v) is 6.80. The quantitative estimate of drug-likeness (QED) is 0.780. The molecule has 0 unspecified atom stereocenters. The second-order valence-electron chi connectivity index (χ2n) is 4.11. The SMILES string of the molecule is O=C1NCCOCCN/C(Cl)=C\1c1ccc(Cl)cc1F. The van der Waals surface area contributed by atoms with Crippen molar-refractivity contribution in [3.63, 3.8) is 0 Å². The summed E-state index contributed by atoms with van der Waals surface area (Å²) in [5.41, 5.74) is 0.161. The first-order chi connectivity index (χ1) is 9.59. The zero-order valence-corrected chi connectivity index (χ0v) is 12.0. The van der Waals surface area contributed by atoms with Crippen LogP contribution in [0.4, 0.5) is 4.39 Å². The molecule has 0 aromatic heterocycles. The molecule has 0 bridgehead atoms. The minimum Gasteiger partial charge on any atom is -0.378 e. The van der Waals surface area contributed by atoms with Gasteiger partial charge in [-0.25, -0.2) is 4.39 Å². The van der Waals surface area contributed by atoms with Crippen molar-refractivity contribution in [3.05, 3.63) is 39.8 Å². The molecule has 2 N–H and O–H groups in total. The highest BCUT2D eigenvalue weighted by atomic mass is 35.5. The highest BCUT2D eigenvalue weighted by molar-refractivity contribution is 6.39. The second kappa shape index (κ2) is 6.92. The van der Waals surface area contributed by atoms with Crippen molar-refractivity contribution in [1.29, 1.82) is 0 Å². The van der Waals surface area contributed by atoms with Gasteiger partial charge < -0.3 is 15.4 Å². The first kappa shape index (κ1) is 15.1. The number of benzene rings is 1. The van der Waals surface area contributed by atoms with Crippen LogP contribution in [0.2, 0.25) is 5.02 Å². The normalized spacial score (nSPS) is 21.1. The van der Waals surface area contributed by atoms with Crippen molar-refractivity contribution < 1.29 is 13.9 Å². The third-order valence-corrected chi connectivity index (χ3v) is 3.26. The largest absolute Gasteiger partial charge is 0.378 e. The van der Waals surface area contributed by atoms with Gasteiger partial charge in [0.1, 0.15) is 11.0 Å². The lowest BCUT2D eigenvalue weighted by Crippen LogP contribution is -2.32. The van der Waals surface area contributed by atoms with Crippen molar-refractivity contribution in [2.24, 2.45) is 0 Å². The molecule has 0 radical (unpaired) electrons. The van der Waals surface area contributed by atoms with E-state index < -0.39 is 11.7 Å². The number of carbonyl (C=O) groups is 1. The molecule has 2 rings (SSSR count). The summed E-state index contributed by atoms with van der Waals surface area (Å²) in [5.74, 6) is -1.06. The number of nitrogens with one attached hydrogen (secondary N) is 2. The van der Waals surface area contributed by atoms with Gasteiger partial charge in [0.15, 0.2) is 0 Å². The Labute approximate surface area is 125 Å². The predicted octanol–water partition coefficient (Wildman–Crippen LogP) is 2.12. The Morgan fingerprint density at radius 2 is 1.85 bits per heavy atom. The van der Waals surface area contributed by atoms with E-state index in [1.54, 1.807) is 0 Å². The summed E-state index contributed by atoms with van der Waals surface area (Å²) in [5, 5.41) is 5.79. The first-order valence-electron chi connectivity index (χ1n) is 6.04. The van der Waals surface area contributed by atoms with E-state index in [1.165, 1.54) is 12.1 Å². The highest BCUT2D eigenvalue weighted by Gasteiger charge is 2.20. The average Bonchev–Trinajstić information content (AvgIpc) is 2.40. The minimum absolute atomic E-state index is 0.0581. The van der Waals surface area contributed by atoms with Crippen LogP contribution in [-0.4, -0.2) is 32.2 Å². The maximum absolute atomic E-state index is 14.0. The Hall–Kier alpha value is -1.30. The summed E-state index contributed by atoms with van der Waals surface area (Å²) in [6.07, 6.45) is 0. The van der Waals surface area contributed by atoms with Crippen LogP contribution in [0.25, 0.3) is 5.57 Å². The molecule has 7 heteroatoms. The minimum atomic E-state index is -0.601. The molecule has 0 spiro atoms. The summed E-state index contributed by atoms with van der Waals surface area (Å²) in [6, 6.07) is 4.08. The number of rotatable bonds is 1. The lowest BCUT2D eigenvalue weighted by atomic mass is 10.1. The molecule has 0 aliphatic carbocycles. The molecule has 0 atom stereocenters. The van der Waals surface area contributed by atoms with Crippen molar-refractivity contribution in [1.82, 2.24) is 10.6 Å². The molecule has 1 aliphatic rings. The van der Waals surface area contributed by atoms with Crippen molar-refractivity contribution in [3.8, 4) is 0 Å². The van der Waals surface area contributed by atoms with Gasteiger partial charge in [0.25, 0.3) is 5.91 Å². The lowest BCUT2D eigenvalue weighted by Gasteiger charge is -2.16. The summed E-state index contributed by atoms with van der Waals surface area (Å²) in [4.78, 5) is 12.1. The summed E-state index contributed by atoms with van der Waals surface area (Å²) in [6.45, 7) is 1.61. The van der Waals surface area contributed by atoms with Gasteiger partial charge in [-0.3, -0.25) is 4.79 Å². The molecule has 1 aromatic carbocycles. The third kappa shape index (κ3) is 3.62. The molecule has 1 aromatic rings. The Kier molecular flexibility index (Phi) is 5.23. The van der Waals surface area contributed by atoms with Gasteiger partial charge in [-0.15, -0.1) is 0 Å². The van der Waals surface area contributed by atoms with Crippen LogP contribution in [-0.2, 0) is 9.53 Å². The fourth-order valence-electron chi connectivity index (χ4n) is 1.78. The van der Waals surface area contributed by atoms with Gasteiger partial charge in [0, 0.05) is 23.7 Å². The lowest BCUT2D eigenvalue weighted by molar-refractivity contribution is -0.115. The fraction of sp³-hybridized carbons (Fsp3) is 0.308. The van der Waals surface area contributed by atoms with Crippen LogP contribution in [0.1, 0.15) is 5.56 Å². The van der Waals surface area contributed by atoms with Crippen LogP contribution >= 0.6 is 23.2 Å². The monoisotopic (exact) mass is 318 g/mol. The topological polar surface area (TPSA) is 50.4 Å². The second-order valence-corrected chi connectivity index (χ2v) is 4.92. The Morgan fingerprint density at radius 3 is 2.55 bits per heavy atom. The molecule has 1 amide bonds. The van der Waals surface area contributed by atoms with E-state index in [9.17, 15) is 9.18 Å².